The van der Waals surface area contributed by atoms with Gasteiger partial charge in [0.15, 0.2) is 0 Å². The smallest absolute Gasteiger partial charge is 0.217 e. The Bertz CT molecular complexity index is 332. The predicted octanol–water partition coefficient (Wildman–Crippen LogP) is 2.45. The van der Waals surface area contributed by atoms with Gasteiger partial charge in [-0.3, -0.25) is 0 Å². The summed E-state index contributed by atoms with van der Waals surface area (Å²) in [5.41, 5.74) is 0.998. The predicted molar refractivity (Wildman–Crippen MR) is 54.5 cm³/mol. The number of rotatable bonds is 3. The zero-order chi connectivity index (χ0) is 10.1. The number of hydrogen-bond acceptors (Lipinski definition) is 3. The Morgan fingerprint density at radius 3 is 2.64 bits per heavy atom. The highest BCUT2D eigenvalue weighted by molar-refractivity contribution is 5.19. The second-order valence-electron chi connectivity index (χ2n) is 4.15. The van der Waals surface area contributed by atoms with Gasteiger partial charge in [0.05, 0.1) is 6.10 Å². The van der Waals surface area contributed by atoms with Crippen LogP contribution in [0.1, 0.15) is 44.1 Å². The second kappa shape index (κ2) is 3.56. The lowest BCUT2D eigenvalue weighted by Gasteiger charge is -2.10. The third kappa shape index (κ3) is 2.22. The van der Waals surface area contributed by atoms with Crippen molar-refractivity contribution in [2.75, 3.05) is 0 Å². The standard InChI is InChI=1S/C11H16N2O/c1-7(2)14-10-6-8(3)12-11(13-10)9-4-5-9/h6-7,9H,4-5H2,1-3H3. The van der Waals surface area contributed by atoms with Crippen LogP contribution < -0.4 is 4.74 Å². The number of nitrogens with zero attached hydrogens (tertiary/aromatic N) is 2. The molecule has 0 aromatic carbocycles. The fraction of sp³-hybridized carbons (Fsp3) is 0.636. The van der Waals surface area contributed by atoms with Gasteiger partial charge in [-0.1, -0.05) is 0 Å². The fourth-order valence-corrected chi connectivity index (χ4v) is 1.39. The molecule has 1 saturated carbocycles. The summed E-state index contributed by atoms with van der Waals surface area (Å²) in [6.07, 6.45) is 2.63. The summed E-state index contributed by atoms with van der Waals surface area (Å²) < 4.78 is 5.56. The molecule has 76 valence electrons. The molecule has 0 unspecified atom stereocenters. The Morgan fingerprint density at radius 2 is 2.07 bits per heavy atom. The maximum Gasteiger partial charge on any atom is 0.217 e. The van der Waals surface area contributed by atoms with E-state index in [0.29, 0.717) is 5.92 Å². The molecule has 1 aliphatic rings. The average Bonchev–Trinajstić information content (AvgIpc) is 2.82. The lowest BCUT2D eigenvalue weighted by molar-refractivity contribution is 0.231. The molecule has 0 saturated heterocycles. The molecule has 1 aromatic rings. The highest BCUT2D eigenvalue weighted by Crippen LogP contribution is 2.38. The first-order valence-electron chi connectivity index (χ1n) is 5.17. The molecule has 0 spiro atoms. The van der Waals surface area contributed by atoms with E-state index < -0.39 is 0 Å². The molecule has 3 nitrogen and oxygen atoms in total. The molecule has 0 aliphatic heterocycles. The number of ether oxygens (including phenoxy) is 1. The lowest BCUT2D eigenvalue weighted by Crippen LogP contribution is -2.08. The maximum absolute atomic E-state index is 5.56. The van der Waals surface area contributed by atoms with Crippen molar-refractivity contribution in [3.63, 3.8) is 0 Å². The lowest BCUT2D eigenvalue weighted by atomic mass is 10.3. The summed E-state index contributed by atoms with van der Waals surface area (Å²) in [5, 5.41) is 0. The van der Waals surface area contributed by atoms with E-state index >= 15 is 0 Å². The van der Waals surface area contributed by atoms with Gasteiger partial charge in [-0.05, 0) is 33.6 Å². The van der Waals surface area contributed by atoms with Gasteiger partial charge >= 0.3 is 0 Å². The van der Waals surface area contributed by atoms with E-state index in [1.807, 2.05) is 26.8 Å². The first-order chi connectivity index (χ1) is 6.65. The average molecular weight is 192 g/mol. The van der Waals surface area contributed by atoms with Crippen molar-refractivity contribution in [1.82, 2.24) is 9.97 Å². The van der Waals surface area contributed by atoms with Gasteiger partial charge in [0.2, 0.25) is 5.88 Å². The third-order valence-corrected chi connectivity index (χ3v) is 2.15. The van der Waals surface area contributed by atoms with Crippen LogP contribution in [0.2, 0.25) is 0 Å². The Morgan fingerprint density at radius 1 is 1.36 bits per heavy atom. The van der Waals surface area contributed by atoms with E-state index in [0.717, 1.165) is 17.4 Å². The quantitative estimate of drug-likeness (QED) is 0.737. The van der Waals surface area contributed by atoms with E-state index in [-0.39, 0.29) is 6.10 Å². The summed E-state index contributed by atoms with van der Waals surface area (Å²) >= 11 is 0. The van der Waals surface area contributed by atoms with Crippen LogP contribution in [0.3, 0.4) is 0 Å². The molecule has 0 atom stereocenters. The molecule has 1 heterocycles. The summed E-state index contributed by atoms with van der Waals surface area (Å²) in [6.45, 7) is 6.00. The largest absolute Gasteiger partial charge is 0.475 e. The molecule has 0 bridgehead atoms. The molecule has 0 N–H and O–H groups in total. The first kappa shape index (κ1) is 9.44. The summed E-state index contributed by atoms with van der Waals surface area (Å²) in [7, 11) is 0. The maximum atomic E-state index is 5.56. The van der Waals surface area contributed by atoms with Gasteiger partial charge in [0.1, 0.15) is 5.82 Å². The van der Waals surface area contributed by atoms with Crippen molar-refractivity contribution in [3.8, 4) is 5.88 Å². The molecule has 1 aliphatic carbocycles. The topological polar surface area (TPSA) is 35.0 Å². The van der Waals surface area contributed by atoms with Crippen LogP contribution in [0.25, 0.3) is 0 Å². The van der Waals surface area contributed by atoms with Gasteiger partial charge in [0.25, 0.3) is 0 Å². The van der Waals surface area contributed by atoms with Crippen molar-refractivity contribution in [3.05, 3.63) is 17.6 Å². The van der Waals surface area contributed by atoms with Gasteiger partial charge in [-0.15, -0.1) is 0 Å². The van der Waals surface area contributed by atoms with Crippen molar-refractivity contribution in [1.29, 1.82) is 0 Å². The third-order valence-electron chi connectivity index (χ3n) is 2.15. The van der Waals surface area contributed by atoms with Crippen molar-refractivity contribution in [2.24, 2.45) is 0 Å². The molecule has 14 heavy (non-hydrogen) atoms. The van der Waals surface area contributed by atoms with Crippen LogP contribution in [0, 0.1) is 6.92 Å². The van der Waals surface area contributed by atoms with Crippen molar-refractivity contribution < 1.29 is 4.74 Å². The molecule has 2 rings (SSSR count). The number of hydrogen-bond donors (Lipinski definition) is 0. The minimum Gasteiger partial charge on any atom is -0.475 e. The Labute approximate surface area is 84.5 Å². The monoisotopic (exact) mass is 192 g/mol. The minimum absolute atomic E-state index is 0.177. The van der Waals surface area contributed by atoms with Crippen molar-refractivity contribution >= 4 is 0 Å². The molecule has 0 radical (unpaired) electrons. The van der Waals surface area contributed by atoms with Gasteiger partial charge in [-0.2, -0.15) is 4.98 Å². The van der Waals surface area contributed by atoms with E-state index in [2.05, 4.69) is 9.97 Å². The van der Waals surface area contributed by atoms with Crippen LogP contribution in [0.5, 0.6) is 5.88 Å². The molecule has 1 aromatic heterocycles. The Hall–Kier alpha value is -1.12. The number of aryl methyl sites for hydroxylation is 1. The van der Waals surface area contributed by atoms with Crippen molar-refractivity contribution in [2.45, 2.75) is 45.6 Å². The molecular weight excluding hydrogens is 176 g/mol. The van der Waals surface area contributed by atoms with Crippen LogP contribution in [0.15, 0.2) is 6.07 Å². The zero-order valence-electron chi connectivity index (χ0n) is 8.95. The van der Waals surface area contributed by atoms with Gasteiger partial charge in [0, 0.05) is 17.7 Å². The summed E-state index contributed by atoms with van der Waals surface area (Å²) in [6, 6.07) is 1.89. The van der Waals surface area contributed by atoms with E-state index in [9.17, 15) is 0 Å². The normalized spacial score (nSPS) is 16.0. The van der Waals surface area contributed by atoms with Crippen LogP contribution in [-0.2, 0) is 0 Å². The van der Waals surface area contributed by atoms with Crippen LogP contribution in [-0.4, -0.2) is 16.1 Å². The first-order valence-corrected chi connectivity index (χ1v) is 5.17. The van der Waals surface area contributed by atoms with E-state index in [1.54, 1.807) is 0 Å². The van der Waals surface area contributed by atoms with Gasteiger partial charge < -0.3 is 4.74 Å². The summed E-state index contributed by atoms with van der Waals surface area (Å²) in [5.74, 6) is 2.26. The highest BCUT2D eigenvalue weighted by atomic mass is 16.5. The van der Waals surface area contributed by atoms with E-state index in [1.165, 1.54) is 12.8 Å². The van der Waals surface area contributed by atoms with Crippen LogP contribution in [0.4, 0.5) is 0 Å². The summed E-state index contributed by atoms with van der Waals surface area (Å²) in [4.78, 5) is 8.81. The number of aromatic nitrogens is 2. The highest BCUT2D eigenvalue weighted by Gasteiger charge is 2.27. The molecule has 3 heteroatoms. The Kier molecular flexibility index (Phi) is 2.40. The molecule has 0 amide bonds. The zero-order valence-corrected chi connectivity index (χ0v) is 8.95. The van der Waals surface area contributed by atoms with E-state index in [4.69, 9.17) is 4.74 Å². The molecule has 1 fully saturated rings. The van der Waals surface area contributed by atoms with Crippen LogP contribution >= 0.6 is 0 Å². The van der Waals surface area contributed by atoms with Gasteiger partial charge in [-0.25, -0.2) is 4.98 Å². The SMILES string of the molecule is Cc1cc(OC(C)C)nc(C2CC2)n1. The molecular formula is C11H16N2O. The Balaban J connectivity index is 2.22. The minimum atomic E-state index is 0.177. The second-order valence-corrected chi connectivity index (χ2v) is 4.15. The fourth-order valence-electron chi connectivity index (χ4n) is 1.39.